The van der Waals surface area contributed by atoms with E-state index in [4.69, 9.17) is 24.2 Å². The SMILES string of the molecule is CO[C@@H](C)c1ncc(N2CCN(CC(F)(F)F)CC2)cc1-c1c2c3c(F)c(ccc3n1CC(F)(F)F)-c1csc(n1)C[C@H](NC(=O)[C@H](C(C)C)N(C)C(=O)N1CCOCC1)C(=O)N1CCC[C@H](N1)C(=O)OCC(C)(C)C2. The minimum atomic E-state index is -4.84. The number of pyridine rings is 1. The molecule has 0 saturated carbocycles. The molecular weight excluding hydrogens is 1030 g/mol. The van der Waals surface area contributed by atoms with E-state index in [-0.39, 0.29) is 108 Å². The zero-order valence-corrected chi connectivity index (χ0v) is 44.4. The van der Waals surface area contributed by atoms with Gasteiger partial charge >= 0.3 is 24.4 Å². The van der Waals surface area contributed by atoms with Crippen LogP contribution in [-0.4, -0.2) is 175 Å². The topological polar surface area (TPSA) is 167 Å². The van der Waals surface area contributed by atoms with E-state index in [1.165, 1.54) is 47.3 Å². The Morgan fingerprint density at radius 2 is 1.68 bits per heavy atom. The van der Waals surface area contributed by atoms with Gasteiger partial charge in [0.05, 0.1) is 72.0 Å². The molecule has 0 radical (unpaired) electrons. The smallest absolute Gasteiger partial charge is 0.406 e. The summed E-state index contributed by atoms with van der Waals surface area (Å²) in [4.78, 5) is 72.2. The average Bonchev–Trinajstić information content (AvgIpc) is 4.00. The van der Waals surface area contributed by atoms with Gasteiger partial charge in [0.25, 0.3) is 5.91 Å². The van der Waals surface area contributed by atoms with Gasteiger partial charge in [0.2, 0.25) is 5.91 Å². The third-order valence-electron chi connectivity index (χ3n) is 14.4. The highest BCUT2D eigenvalue weighted by atomic mass is 32.1. The van der Waals surface area contributed by atoms with Crippen LogP contribution in [0.1, 0.15) is 69.8 Å². The molecule has 0 aliphatic carbocycles. The number of hydrogen-bond donors (Lipinski definition) is 2. The molecule has 416 valence electrons. The fourth-order valence-corrected chi connectivity index (χ4v) is 11.4. The van der Waals surface area contributed by atoms with Crippen molar-refractivity contribution in [2.75, 3.05) is 91.2 Å². The number of piperazine rings is 1. The number of rotatable bonds is 10. The van der Waals surface area contributed by atoms with Crippen molar-refractivity contribution in [3.63, 3.8) is 0 Å². The third kappa shape index (κ3) is 12.7. The molecule has 4 aromatic rings. The Labute approximate surface area is 439 Å². The molecule has 4 aliphatic heterocycles. The molecule has 7 heterocycles. The number of anilines is 1. The van der Waals surface area contributed by atoms with E-state index in [0.29, 0.717) is 38.4 Å². The number of ether oxygens (including phenoxy) is 3. The molecule has 6 bridgehead atoms. The first-order valence-corrected chi connectivity index (χ1v) is 26.3. The molecule has 76 heavy (non-hydrogen) atoms. The van der Waals surface area contributed by atoms with Gasteiger partial charge in [0, 0.05) is 93.7 Å². The molecule has 3 fully saturated rings. The van der Waals surface area contributed by atoms with Crippen LogP contribution in [-0.2, 0) is 48.0 Å². The van der Waals surface area contributed by atoms with Gasteiger partial charge in [-0.05, 0) is 55.9 Å². The Hall–Kier alpha value is -5.63. The standard InChI is InChI=1S/C51H65F7N10O7S/c1-29(2)43(63(6)48(72)66-17-19-74-20-18-66)45(69)61-36-22-39-60-37(25-76-39)32-10-11-38-40(41(32)52)34(23-49(4,5)28-75-47(71)35-9-8-12-68(62-35)46(36)70)44(67(38)27-51(56,57)58)33-21-31(24-59-42(33)30(3)73-7)65-15-13-64(14-16-65)26-50(53,54)55/h10-11,21,24-25,29-30,35-36,43,62H,8-9,12-20,22-23,26-28H2,1-7H3,(H,61,69)/t30-,35-,36-,43-/m0/s1. The summed E-state index contributed by atoms with van der Waals surface area (Å²) in [5.74, 6) is -3.26. The van der Waals surface area contributed by atoms with Crippen LogP contribution in [0.25, 0.3) is 33.4 Å². The zero-order chi connectivity index (χ0) is 55.0. The molecule has 4 aliphatic rings. The van der Waals surface area contributed by atoms with E-state index in [2.05, 4.69) is 10.7 Å². The summed E-state index contributed by atoms with van der Waals surface area (Å²) in [5.41, 5.74) is 2.75. The predicted octanol–water partition coefficient (Wildman–Crippen LogP) is 6.98. The second-order valence-electron chi connectivity index (χ2n) is 21.1. The van der Waals surface area contributed by atoms with Crippen molar-refractivity contribution in [1.82, 2.24) is 45.0 Å². The highest BCUT2D eigenvalue weighted by Gasteiger charge is 2.41. The van der Waals surface area contributed by atoms with Crippen LogP contribution < -0.4 is 15.6 Å². The number of methoxy groups -OCH3 is 1. The van der Waals surface area contributed by atoms with E-state index >= 15 is 17.6 Å². The third-order valence-corrected chi connectivity index (χ3v) is 15.2. The number of halogens is 7. The number of likely N-dealkylation sites (N-methyl/N-ethyl adjacent to an activating group) is 1. The first kappa shape index (κ1) is 56.6. The number of hydrogen-bond acceptors (Lipinski definition) is 13. The Kier molecular flexibility index (Phi) is 16.9. The molecule has 4 atom stereocenters. The van der Waals surface area contributed by atoms with Gasteiger partial charge in [-0.3, -0.25) is 29.3 Å². The van der Waals surface area contributed by atoms with Crippen molar-refractivity contribution in [2.45, 2.75) is 103 Å². The minimum absolute atomic E-state index is 0.0289. The van der Waals surface area contributed by atoms with Crippen molar-refractivity contribution >= 4 is 51.7 Å². The number of aromatic nitrogens is 3. The van der Waals surface area contributed by atoms with E-state index in [0.717, 1.165) is 15.9 Å². The Balaban J connectivity index is 1.25. The molecule has 1 aromatic carbocycles. The van der Waals surface area contributed by atoms with Gasteiger partial charge in [-0.2, -0.15) is 26.3 Å². The number of esters is 1. The summed E-state index contributed by atoms with van der Waals surface area (Å²) in [5, 5.41) is 5.82. The second kappa shape index (κ2) is 22.8. The van der Waals surface area contributed by atoms with Gasteiger partial charge in [-0.1, -0.05) is 27.7 Å². The normalized spacial score (nSPS) is 21.1. The fourth-order valence-electron chi connectivity index (χ4n) is 10.6. The molecule has 25 heteroatoms. The average molecular weight is 1100 g/mol. The van der Waals surface area contributed by atoms with Crippen LogP contribution in [0.5, 0.6) is 0 Å². The highest BCUT2D eigenvalue weighted by molar-refractivity contribution is 7.10. The number of hydrazine groups is 1. The molecular formula is C51H65F7N10O7S. The van der Waals surface area contributed by atoms with Crippen molar-refractivity contribution < 1.29 is 64.1 Å². The second-order valence-corrected chi connectivity index (χ2v) is 22.0. The van der Waals surface area contributed by atoms with E-state index in [1.807, 2.05) is 0 Å². The fraction of sp³-hybridized carbons (Fsp3) is 0.608. The Bertz CT molecular complexity index is 2770. The van der Waals surface area contributed by atoms with Crippen LogP contribution in [0, 0.1) is 17.2 Å². The molecule has 3 saturated heterocycles. The van der Waals surface area contributed by atoms with E-state index < -0.39 is 90.6 Å². The van der Waals surface area contributed by atoms with Crippen LogP contribution in [0.4, 0.5) is 41.2 Å². The zero-order valence-electron chi connectivity index (χ0n) is 43.6. The van der Waals surface area contributed by atoms with Crippen LogP contribution in [0.2, 0.25) is 0 Å². The van der Waals surface area contributed by atoms with Crippen LogP contribution in [0.3, 0.4) is 0 Å². The quantitative estimate of drug-likeness (QED) is 0.124. The van der Waals surface area contributed by atoms with Crippen molar-refractivity contribution in [3.05, 3.63) is 51.9 Å². The molecule has 8 rings (SSSR count). The summed E-state index contributed by atoms with van der Waals surface area (Å²) in [7, 11) is 2.93. The molecule has 4 amide bonds. The molecule has 3 aromatic heterocycles. The maximum absolute atomic E-state index is 18.0. The van der Waals surface area contributed by atoms with Gasteiger partial charge in [-0.25, -0.2) is 19.6 Å². The van der Waals surface area contributed by atoms with Crippen molar-refractivity contribution in [2.24, 2.45) is 11.3 Å². The van der Waals surface area contributed by atoms with Gasteiger partial charge in [0.1, 0.15) is 30.5 Å². The first-order chi connectivity index (χ1) is 35.8. The summed E-state index contributed by atoms with van der Waals surface area (Å²) in [6.07, 6.45) is -8.26. The number of cyclic esters (lactones) is 1. The van der Waals surface area contributed by atoms with Crippen LogP contribution in [0.15, 0.2) is 29.8 Å². The number of fused-ring (bicyclic) bond motifs is 6. The largest absolute Gasteiger partial charge is 0.464 e. The maximum atomic E-state index is 18.0. The maximum Gasteiger partial charge on any atom is 0.406 e. The lowest BCUT2D eigenvalue weighted by molar-refractivity contribution is -0.155. The van der Waals surface area contributed by atoms with E-state index in [1.54, 1.807) is 55.9 Å². The monoisotopic (exact) mass is 1090 g/mol. The predicted molar refractivity (Wildman–Crippen MR) is 269 cm³/mol. The highest BCUT2D eigenvalue weighted by Crippen LogP contribution is 2.45. The summed E-state index contributed by atoms with van der Waals surface area (Å²) >= 11 is 1.07. The van der Waals surface area contributed by atoms with Gasteiger partial charge in [-0.15, -0.1) is 11.3 Å². The molecule has 0 spiro atoms. The molecule has 17 nitrogen and oxygen atoms in total. The molecule has 2 N–H and O–H groups in total. The summed E-state index contributed by atoms with van der Waals surface area (Å²) in [6, 6.07) is 0.601. The number of nitrogens with one attached hydrogen (secondary N) is 2. The van der Waals surface area contributed by atoms with E-state index in [9.17, 15) is 32.3 Å². The number of amides is 4. The number of thiazole rings is 1. The van der Waals surface area contributed by atoms with Gasteiger partial charge < -0.3 is 38.8 Å². The Morgan fingerprint density at radius 1 is 0.987 bits per heavy atom. The summed E-state index contributed by atoms with van der Waals surface area (Å²) < 4.78 is 121. The molecule has 0 unspecified atom stereocenters. The number of nitrogens with zero attached hydrogens (tertiary/aromatic N) is 8. The van der Waals surface area contributed by atoms with Crippen molar-refractivity contribution in [1.29, 1.82) is 0 Å². The number of benzene rings is 1. The van der Waals surface area contributed by atoms with Gasteiger partial charge in [0.15, 0.2) is 0 Å². The lowest BCUT2D eigenvalue weighted by Gasteiger charge is -2.38. The lowest BCUT2D eigenvalue weighted by Crippen LogP contribution is -2.62. The minimum Gasteiger partial charge on any atom is -0.464 e. The number of morpholine rings is 1. The van der Waals surface area contributed by atoms with Crippen LogP contribution >= 0.6 is 11.3 Å². The summed E-state index contributed by atoms with van der Waals surface area (Å²) in [6.45, 7) is 7.63. The number of alkyl halides is 6. The first-order valence-electron chi connectivity index (χ1n) is 25.4. The number of carbonyl (C=O) groups excluding carboxylic acids is 4. The van der Waals surface area contributed by atoms with Crippen molar-refractivity contribution in [3.8, 4) is 22.5 Å². The number of urea groups is 1. The lowest BCUT2D eigenvalue weighted by atomic mass is 9.84. The number of carbonyl (C=O) groups is 4. The Morgan fingerprint density at radius 3 is 2.34 bits per heavy atom.